The molecule has 0 spiro atoms. The van der Waals surface area contributed by atoms with E-state index in [9.17, 15) is 9.59 Å². The van der Waals surface area contributed by atoms with Crippen molar-refractivity contribution in [3.8, 4) is 0 Å². The topological polar surface area (TPSA) is 77.9 Å². The number of para-hydroxylation sites is 1. The number of aromatic nitrogens is 1. The highest BCUT2D eigenvalue weighted by Crippen LogP contribution is 2.31. The minimum Gasteiger partial charge on any atom is -0.378 e. The summed E-state index contributed by atoms with van der Waals surface area (Å²) in [5.74, 6) is -0.428. The van der Waals surface area contributed by atoms with Crippen LogP contribution in [0.3, 0.4) is 0 Å². The molecule has 9 heteroatoms. The van der Waals surface area contributed by atoms with Gasteiger partial charge in [0.1, 0.15) is 5.70 Å². The Balaban J connectivity index is 1.60. The van der Waals surface area contributed by atoms with Crippen molar-refractivity contribution >= 4 is 62.7 Å². The second kappa shape index (κ2) is 10.0. The normalized spacial score (nSPS) is 15.5. The average molecular weight is 478 g/mol. The summed E-state index contributed by atoms with van der Waals surface area (Å²) in [4.78, 5) is 38.2. The molecule has 168 valence electrons. The predicted octanol–water partition coefficient (Wildman–Crippen LogP) is 4.71. The molecule has 0 saturated carbocycles. The van der Waals surface area contributed by atoms with Gasteiger partial charge in [-0.25, -0.2) is 9.98 Å². The van der Waals surface area contributed by atoms with Gasteiger partial charge in [-0.05, 0) is 42.8 Å². The first-order valence-corrected chi connectivity index (χ1v) is 12.0. The summed E-state index contributed by atoms with van der Waals surface area (Å²) in [5.41, 5.74) is 2.97. The van der Waals surface area contributed by atoms with Crippen LogP contribution in [-0.4, -0.2) is 41.3 Å². The molecule has 2 heterocycles. The fraction of sp³-hybridized carbons (Fsp3) is 0.167. The molecule has 1 atom stereocenters. The zero-order chi connectivity index (χ0) is 23.4. The fourth-order valence-electron chi connectivity index (χ4n) is 3.11. The molecule has 4 rings (SSSR count). The summed E-state index contributed by atoms with van der Waals surface area (Å²) in [6, 6.07) is 17.2. The van der Waals surface area contributed by atoms with E-state index in [2.05, 4.69) is 15.3 Å². The Kier molecular flexibility index (Phi) is 6.90. The van der Waals surface area contributed by atoms with Crippen molar-refractivity contribution in [3.05, 3.63) is 77.4 Å². The van der Waals surface area contributed by atoms with Gasteiger partial charge in [0, 0.05) is 31.4 Å². The molecule has 33 heavy (non-hydrogen) atoms. The Morgan fingerprint density at radius 1 is 1.15 bits per heavy atom. The van der Waals surface area contributed by atoms with Crippen LogP contribution in [0.15, 0.2) is 76.9 Å². The van der Waals surface area contributed by atoms with Gasteiger partial charge in [-0.15, -0.1) is 11.3 Å². The number of thiazole rings is 1. The zero-order valence-corrected chi connectivity index (χ0v) is 20.1. The van der Waals surface area contributed by atoms with Crippen molar-refractivity contribution < 1.29 is 9.59 Å². The first-order chi connectivity index (χ1) is 15.9. The molecule has 0 aliphatic carbocycles. The summed E-state index contributed by atoms with van der Waals surface area (Å²) in [6.45, 7) is 1.78. The van der Waals surface area contributed by atoms with Crippen molar-refractivity contribution in [3.63, 3.8) is 0 Å². The van der Waals surface area contributed by atoms with Crippen LogP contribution in [0.1, 0.15) is 12.5 Å². The van der Waals surface area contributed by atoms with Gasteiger partial charge in [-0.2, -0.15) is 0 Å². The number of nitrogens with zero attached hydrogens (tertiary/aromatic N) is 4. The van der Waals surface area contributed by atoms with Gasteiger partial charge in [-0.1, -0.05) is 42.1 Å². The molecule has 2 amide bonds. The summed E-state index contributed by atoms with van der Waals surface area (Å²) >= 11 is 2.59. The third-order valence-electron chi connectivity index (χ3n) is 4.87. The van der Waals surface area contributed by atoms with Crippen LogP contribution in [0.2, 0.25) is 0 Å². The minimum absolute atomic E-state index is 0.199. The number of nitrogens with one attached hydrogen (secondary N) is 1. The van der Waals surface area contributed by atoms with E-state index >= 15 is 0 Å². The van der Waals surface area contributed by atoms with E-state index in [0.29, 0.717) is 21.7 Å². The maximum absolute atomic E-state index is 13.3. The van der Waals surface area contributed by atoms with Crippen LogP contribution in [0.4, 0.5) is 16.5 Å². The molecule has 1 N–H and O–H groups in total. The second-order valence-corrected chi connectivity index (χ2v) is 9.68. The van der Waals surface area contributed by atoms with Crippen molar-refractivity contribution in [2.24, 2.45) is 4.99 Å². The maximum atomic E-state index is 13.3. The second-order valence-electron chi connectivity index (χ2n) is 7.47. The molecule has 1 aliphatic heterocycles. The van der Waals surface area contributed by atoms with Gasteiger partial charge >= 0.3 is 0 Å². The molecule has 7 nitrogen and oxygen atoms in total. The highest BCUT2D eigenvalue weighted by molar-refractivity contribution is 8.15. The van der Waals surface area contributed by atoms with Crippen LogP contribution in [0.5, 0.6) is 0 Å². The predicted molar refractivity (Wildman–Crippen MR) is 138 cm³/mol. The smallest absolute Gasteiger partial charge is 0.283 e. The number of aliphatic imine (C=N–C) groups is 1. The first kappa shape index (κ1) is 22.8. The summed E-state index contributed by atoms with van der Waals surface area (Å²) in [5, 5.41) is 5.12. The zero-order valence-electron chi connectivity index (χ0n) is 18.4. The molecule has 1 aromatic heterocycles. The van der Waals surface area contributed by atoms with Crippen molar-refractivity contribution in [2.45, 2.75) is 12.2 Å². The molecule has 0 radical (unpaired) electrons. The van der Waals surface area contributed by atoms with E-state index in [-0.39, 0.29) is 11.8 Å². The molecule has 0 bridgehead atoms. The third-order valence-corrected chi connectivity index (χ3v) is 6.61. The van der Waals surface area contributed by atoms with Crippen LogP contribution >= 0.6 is 23.1 Å². The van der Waals surface area contributed by atoms with Crippen molar-refractivity contribution in [1.82, 2.24) is 4.98 Å². The summed E-state index contributed by atoms with van der Waals surface area (Å²) in [6.07, 6.45) is 3.41. The molecule has 1 aliphatic rings. The van der Waals surface area contributed by atoms with Gasteiger partial charge in [0.05, 0.1) is 10.9 Å². The highest BCUT2D eigenvalue weighted by Gasteiger charge is 2.34. The Labute approximate surface area is 200 Å². The van der Waals surface area contributed by atoms with Gasteiger partial charge < -0.3 is 10.2 Å². The van der Waals surface area contributed by atoms with E-state index in [1.807, 2.05) is 73.6 Å². The van der Waals surface area contributed by atoms with Gasteiger partial charge in [0.2, 0.25) is 5.91 Å². The van der Waals surface area contributed by atoms with Crippen molar-refractivity contribution in [1.29, 1.82) is 0 Å². The third kappa shape index (κ3) is 5.32. The molecule has 0 saturated heterocycles. The average Bonchev–Trinajstić information content (AvgIpc) is 3.42. The van der Waals surface area contributed by atoms with Crippen molar-refractivity contribution in [2.75, 3.05) is 29.2 Å². The Morgan fingerprint density at radius 2 is 1.88 bits per heavy atom. The number of anilines is 3. The van der Waals surface area contributed by atoms with E-state index in [0.717, 1.165) is 11.3 Å². The van der Waals surface area contributed by atoms with Gasteiger partial charge in [0.15, 0.2) is 10.3 Å². The van der Waals surface area contributed by atoms with Crippen LogP contribution < -0.4 is 15.1 Å². The number of carbonyl (C=O) groups is 2. The van der Waals surface area contributed by atoms with E-state index in [1.165, 1.54) is 23.1 Å². The lowest BCUT2D eigenvalue weighted by molar-refractivity contribution is -0.115. The lowest BCUT2D eigenvalue weighted by atomic mass is 10.1. The number of carbonyl (C=O) groups excluding carboxylic acids is 2. The Hall–Kier alpha value is -3.43. The first-order valence-electron chi connectivity index (χ1n) is 10.3. The molecule has 2 aromatic carbocycles. The highest BCUT2D eigenvalue weighted by atomic mass is 32.2. The Morgan fingerprint density at radius 3 is 2.52 bits per heavy atom. The van der Waals surface area contributed by atoms with Crippen LogP contribution in [0, 0.1) is 0 Å². The number of hydrogen-bond donors (Lipinski definition) is 1. The molecule has 1 unspecified atom stereocenters. The Bertz CT molecular complexity index is 1190. The molecular weight excluding hydrogens is 454 g/mol. The molecule has 0 fully saturated rings. The number of thioether (sulfide) groups is 1. The number of amides is 2. The number of benzene rings is 2. The summed E-state index contributed by atoms with van der Waals surface area (Å²) < 4.78 is 0. The van der Waals surface area contributed by atoms with Gasteiger partial charge in [-0.3, -0.25) is 14.5 Å². The molecule has 3 aromatic rings. The fourth-order valence-corrected chi connectivity index (χ4v) is 4.57. The quantitative estimate of drug-likeness (QED) is 0.520. The monoisotopic (exact) mass is 477 g/mol. The minimum atomic E-state index is -0.481. The number of rotatable bonds is 6. The van der Waals surface area contributed by atoms with E-state index in [1.54, 1.807) is 29.5 Å². The van der Waals surface area contributed by atoms with Gasteiger partial charge in [0.25, 0.3) is 5.91 Å². The number of amidine groups is 1. The summed E-state index contributed by atoms with van der Waals surface area (Å²) in [7, 11) is 3.96. The molecular formula is C24H23N5O2S2. The van der Waals surface area contributed by atoms with E-state index in [4.69, 9.17) is 0 Å². The van der Waals surface area contributed by atoms with E-state index < -0.39 is 5.25 Å². The number of hydrogen-bond acceptors (Lipinski definition) is 7. The lowest BCUT2D eigenvalue weighted by Gasteiger charge is -2.19. The largest absolute Gasteiger partial charge is 0.378 e. The van der Waals surface area contributed by atoms with Crippen LogP contribution in [-0.2, 0) is 9.59 Å². The lowest BCUT2D eigenvalue weighted by Crippen LogP contribution is -2.33. The van der Waals surface area contributed by atoms with Crippen LogP contribution in [0.25, 0.3) is 6.08 Å². The SMILES string of the molecule is CC(SC1=N/C(=C/c2ccc(N(C)C)cc2)C(=O)N1c1ccccc1)C(=O)Nc1nccs1. The maximum Gasteiger partial charge on any atom is 0.283 e. The standard InChI is InChI=1S/C24H23N5O2S2/c1-16(21(30)27-23-25-13-14-32-23)33-24-26-20(15-17-9-11-18(12-10-17)28(2)3)22(31)29(24)19-7-5-4-6-8-19/h4-16H,1-3H3,(H,25,27,30)/b20-15+.